The molecule has 138 valence electrons. The summed E-state index contributed by atoms with van der Waals surface area (Å²) in [5, 5.41) is 9.62. The number of hydrogen-bond donors (Lipinski definition) is 1. The van der Waals surface area contributed by atoms with Gasteiger partial charge in [0, 0.05) is 24.2 Å². The normalized spacial score (nSPS) is 16.6. The van der Waals surface area contributed by atoms with Crippen molar-refractivity contribution in [3.8, 4) is 28.8 Å². The van der Waals surface area contributed by atoms with Crippen molar-refractivity contribution in [2.24, 2.45) is 0 Å². The van der Waals surface area contributed by atoms with Crippen LogP contribution in [0.15, 0.2) is 24.3 Å². The Labute approximate surface area is 153 Å². The van der Waals surface area contributed by atoms with E-state index in [0.717, 1.165) is 17.7 Å². The summed E-state index contributed by atoms with van der Waals surface area (Å²) in [6.07, 6.45) is 1.41. The molecule has 2 heterocycles. The summed E-state index contributed by atoms with van der Waals surface area (Å²) in [6.45, 7) is 3.07. The summed E-state index contributed by atoms with van der Waals surface area (Å²) in [7, 11) is 2.43. The molecule has 0 bridgehead atoms. The van der Waals surface area contributed by atoms with Crippen LogP contribution in [0.3, 0.4) is 0 Å². The second kappa shape index (κ2) is 8.38. The predicted molar refractivity (Wildman–Crippen MR) is 97.8 cm³/mol. The number of nitrogens with zero attached hydrogens (tertiary/aromatic N) is 2. The third-order valence-electron chi connectivity index (χ3n) is 4.21. The molecule has 1 atom stereocenters. The van der Waals surface area contributed by atoms with Gasteiger partial charge in [0.25, 0.3) is 0 Å². The molecule has 3 rings (SSSR count). The highest BCUT2D eigenvalue weighted by Crippen LogP contribution is 2.34. The molecular weight excluding hydrogens is 335 g/mol. The number of ether oxygens (including phenoxy) is 3. The van der Waals surface area contributed by atoms with Gasteiger partial charge in [-0.05, 0) is 30.9 Å². The van der Waals surface area contributed by atoms with Crippen LogP contribution >= 0.6 is 0 Å². The zero-order valence-electron chi connectivity index (χ0n) is 15.3. The second-order valence-electron chi connectivity index (χ2n) is 6.09. The van der Waals surface area contributed by atoms with Gasteiger partial charge in [-0.1, -0.05) is 6.92 Å². The topological polar surface area (TPSA) is 82.9 Å². The summed E-state index contributed by atoms with van der Waals surface area (Å²) in [4.78, 5) is 9.12. The highest BCUT2D eigenvalue weighted by Gasteiger charge is 2.31. The fraction of sp³-hybridized carbons (Fsp3) is 0.444. The molecule has 1 aliphatic rings. The molecule has 0 aliphatic carbocycles. The SMILES string of the molecule is CCCOc1cc(-c2nc(OC)cc([C@@H]3COB(O)C3)n2)ccc1OC. The van der Waals surface area contributed by atoms with Crippen molar-refractivity contribution in [3.63, 3.8) is 0 Å². The van der Waals surface area contributed by atoms with Gasteiger partial charge in [-0.25, -0.2) is 4.98 Å². The Hall–Kier alpha value is -2.32. The van der Waals surface area contributed by atoms with Crippen molar-refractivity contribution in [1.82, 2.24) is 9.97 Å². The first-order chi connectivity index (χ1) is 12.6. The highest BCUT2D eigenvalue weighted by molar-refractivity contribution is 6.43. The number of benzene rings is 1. The largest absolute Gasteiger partial charge is 0.493 e. The molecule has 0 unspecified atom stereocenters. The van der Waals surface area contributed by atoms with Crippen molar-refractivity contribution >= 4 is 7.12 Å². The summed E-state index contributed by atoms with van der Waals surface area (Å²) < 4.78 is 21.7. The van der Waals surface area contributed by atoms with Crippen molar-refractivity contribution in [2.75, 3.05) is 27.4 Å². The van der Waals surface area contributed by atoms with E-state index in [1.165, 1.54) is 0 Å². The Morgan fingerprint density at radius 3 is 2.69 bits per heavy atom. The second-order valence-corrected chi connectivity index (χ2v) is 6.09. The molecule has 7 nitrogen and oxygen atoms in total. The van der Waals surface area contributed by atoms with Gasteiger partial charge < -0.3 is 23.9 Å². The van der Waals surface area contributed by atoms with Crippen LogP contribution in [-0.2, 0) is 4.65 Å². The van der Waals surface area contributed by atoms with Crippen LogP contribution in [-0.4, -0.2) is 49.5 Å². The van der Waals surface area contributed by atoms with Crippen molar-refractivity contribution in [3.05, 3.63) is 30.0 Å². The number of hydrogen-bond acceptors (Lipinski definition) is 7. The van der Waals surface area contributed by atoms with Crippen LogP contribution < -0.4 is 14.2 Å². The molecule has 0 amide bonds. The van der Waals surface area contributed by atoms with Crippen LogP contribution in [0.4, 0.5) is 0 Å². The van der Waals surface area contributed by atoms with E-state index < -0.39 is 7.12 Å². The van der Waals surface area contributed by atoms with Crippen molar-refractivity contribution < 1.29 is 23.9 Å². The molecule has 0 saturated carbocycles. The lowest BCUT2D eigenvalue weighted by Crippen LogP contribution is -2.08. The van der Waals surface area contributed by atoms with Gasteiger partial charge in [0.2, 0.25) is 5.88 Å². The minimum atomic E-state index is -0.751. The predicted octanol–water partition coefficient (Wildman–Crippen LogP) is 2.54. The van der Waals surface area contributed by atoms with Crippen molar-refractivity contribution in [2.45, 2.75) is 25.6 Å². The smallest absolute Gasteiger partial charge is 0.454 e. The van der Waals surface area contributed by atoms with Gasteiger partial charge in [0.05, 0.1) is 26.5 Å². The van der Waals surface area contributed by atoms with E-state index in [0.29, 0.717) is 42.7 Å². The first kappa shape index (κ1) is 18.5. The van der Waals surface area contributed by atoms with Gasteiger partial charge >= 0.3 is 7.12 Å². The van der Waals surface area contributed by atoms with Gasteiger partial charge in [-0.2, -0.15) is 4.98 Å². The molecule has 1 aromatic carbocycles. The van der Waals surface area contributed by atoms with Crippen LogP contribution in [0.25, 0.3) is 11.4 Å². The fourth-order valence-corrected chi connectivity index (χ4v) is 2.84. The van der Waals surface area contributed by atoms with Crippen LogP contribution in [0.2, 0.25) is 6.32 Å². The maximum atomic E-state index is 9.62. The average molecular weight is 358 g/mol. The Bertz CT molecular complexity index is 758. The average Bonchev–Trinajstić information content (AvgIpc) is 3.12. The van der Waals surface area contributed by atoms with E-state index in [-0.39, 0.29) is 5.92 Å². The lowest BCUT2D eigenvalue weighted by Gasteiger charge is -2.14. The van der Waals surface area contributed by atoms with E-state index in [1.807, 2.05) is 25.1 Å². The maximum absolute atomic E-state index is 9.62. The summed E-state index contributed by atoms with van der Waals surface area (Å²) in [5.74, 6) is 2.33. The lowest BCUT2D eigenvalue weighted by atomic mass is 9.81. The molecule has 8 heteroatoms. The Morgan fingerprint density at radius 2 is 2.04 bits per heavy atom. The molecule has 1 aliphatic heterocycles. The van der Waals surface area contributed by atoms with Gasteiger partial charge in [-0.15, -0.1) is 0 Å². The highest BCUT2D eigenvalue weighted by atomic mass is 16.5. The van der Waals surface area contributed by atoms with E-state index in [1.54, 1.807) is 20.3 Å². The van der Waals surface area contributed by atoms with E-state index in [9.17, 15) is 5.02 Å². The third kappa shape index (κ3) is 4.08. The minimum absolute atomic E-state index is 0.00899. The molecule has 0 radical (unpaired) electrons. The Balaban J connectivity index is 1.97. The molecule has 1 fully saturated rings. The third-order valence-corrected chi connectivity index (χ3v) is 4.21. The molecule has 1 aromatic heterocycles. The molecule has 1 saturated heterocycles. The summed E-state index contributed by atoms with van der Waals surface area (Å²) in [6, 6.07) is 7.38. The molecule has 0 spiro atoms. The molecule has 1 N–H and O–H groups in total. The first-order valence-corrected chi connectivity index (χ1v) is 8.68. The first-order valence-electron chi connectivity index (χ1n) is 8.68. The van der Waals surface area contributed by atoms with Crippen LogP contribution in [0, 0.1) is 0 Å². The number of rotatable bonds is 7. The maximum Gasteiger partial charge on any atom is 0.454 e. The standard InChI is InChI=1S/C18H23BN2O5/c1-4-7-25-16-8-12(5-6-15(16)23-2)18-20-14(9-17(21-18)24-3)13-10-19(22)26-11-13/h5-6,8-9,13,22H,4,7,10-11H2,1-3H3/t13-/m0/s1. The molecular formula is C18H23BN2O5. The molecule has 26 heavy (non-hydrogen) atoms. The number of methoxy groups -OCH3 is 2. The lowest BCUT2D eigenvalue weighted by molar-refractivity contribution is 0.291. The van der Waals surface area contributed by atoms with E-state index in [2.05, 4.69) is 9.97 Å². The monoisotopic (exact) mass is 358 g/mol. The molecule has 2 aromatic rings. The minimum Gasteiger partial charge on any atom is -0.493 e. The van der Waals surface area contributed by atoms with Gasteiger partial charge in [0.1, 0.15) is 0 Å². The van der Waals surface area contributed by atoms with E-state index in [4.69, 9.17) is 18.9 Å². The van der Waals surface area contributed by atoms with Gasteiger partial charge in [-0.3, -0.25) is 0 Å². The summed E-state index contributed by atoms with van der Waals surface area (Å²) >= 11 is 0. The number of aromatic nitrogens is 2. The fourth-order valence-electron chi connectivity index (χ4n) is 2.84. The quantitative estimate of drug-likeness (QED) is 0.762. The zero-order chi connectivity index (χ0) is 18.5. The zero-order valence-corrected chi connectivity index (χ0v) is 15.3. The Morgan fingerprint density at radius 1 is 1.19 bits per heavy atom. The van der Waals surface area contributed by atoms with Crippen LogP contribution in [0.5, 0.6) is 17.4 Å². The van der Waals surface area contributed by atoms with Crippen LogP contribution in [0.1, 0.15) is 25.0 Å². The Kier molecular flexibility index (Phi) is 5.95. The van der Waals surface area contributed by atoms with Crippen molar-refractivity contribution in [1.29, 1.82) is 0 Å². The van der Waals surface area contributed by atoms with E-state index >= 15 is 0 Å². The van der Waals surface area contributed by atoms with Gasteiger partial charge in [0.15, 0.2) is 17.3 Å². The summed E-state index contributed by atoms with van der Waals surface area (Å²) in [5.41, 5.74) is 1.59.